The van der Waals surface area contributed by atoms with Crippen LogP contribution < -0.4 is 0 Å². The van der Waals surface area contributed by atoms with E-state index in [0.717, 1.165) is 65.1 Å². The molecule has 5 nitrogen and oxygen atoms in total. The molecule has 3 aliphatic rings. The second kappa shape index (κ2) is 7.71. The molecule has 0 spiro atoms. The third-order valence-electron chi connectivity index (χ3n) is 6.40. The van der Waals surface area contributed by atoms with Gasteiger partial charge in [-0.2, -0.15) is 0 Å². The van der Waals surface area contributed by atoms with Crippen LogP contribution in [0.3, 0.4) is 0 Å². The first-order chi connectivity index (χ1) is 11.5. The number of hydrogen-bond acceptors (Lipinski definition) is 4. The van der Waals surface area contributed by atoms with E-state index in [4.69, 9.17) is 0 Å². The fourth-order valence-electron chi connectivity index (χ4n) is 5.02. The summed E-state index contributed by atoms with van der Waals surface area (Å²) in [6.45, 7) is 10.9. The predicted octanol–water partition coefficient (Wildman–Crippen LogP) is 1.56. The molecule has 0 bridgehead atoms. The first kappa shape index (κ1) is 18.2. The van der Waals surface area contributed by atoms with Crippen molar-refractivity contribution in [2.45, 2.75) is 64.0 Å². The van der Waals surface area contributed by atoms with Crippen molar-refractivity contribution in [2.24, 2.45) is 5.92 Å². The number of likely N-dealkylation sites (tertiary alicyclic amines) is 1. The Hall–Kier alpha value is -0.650. The summed E-state index contributed by atoms with van der Waals surface area (Å²) in [6.07, 6.45) is 6.65. The molecule has 138 valence electrons. The van der Waals surface area contributed by atoms with Crippen LogP contribution >= 0.6 is 0 Å². The van der Waals surface area contributed by atoms with Gasteiger partial charge in [0.1, 0.15) is 0 Å². The minimum atomic E-state index is -0.447. The second-order valence-corrected chi connectivity index (χ2v) is 8.42. The first-order valence-corrected chi connectivity index (χ1v) is 9.91. The number of amides is 1. The number of β-amino-alcohol motifs (C(OH)–C–C–N with tert-alkyl or cyclic N) is 1. The maximum absolute atomic E-state index is 11.6. The van der Waals surface area contributed by atoms with Crippen molar-refractivity contribution in [1.82, 2.24) is 14.7 Å². The van der Waals surface area contributed by atoms with Gasteiger partial charge >= 0.3 is 0 Å². The molecular formula is C19H35N3O2. The van der Waals surface area contributed by atoms with Gasteiger partial charge in [-0.1, -0.05) is 26.2 Å². The second-order valence-electron chi connectivity index (χ2n) is 8.42. The Morgan fingerprint density at radius 3 is 2.50 bits per heavy atom. The minimum absolute atomic E-state index is 0.206. The van der Waals surface area contributed by atoms with E-state index in [1.54, 1.807) is 6.92 Å². The zero-order valence-electron chi connectivity index (χ0n) is 15.5. The standard InChI is InChI=1S/C19H35N3O2/c1-16-13-20(15-19(24)7-4-3-5-8-19)14-18(16)22-10-6-9-21(11-12-22)17(2)23/h16,18,24H,3-15H2,1-2H3. The van der Waals surface area contributed by atoms with E-state index in [0.29, 0.717) is 12.0 Å². The van der Waals surface area contributed by atoms with Gasteiger partial charge in [-0.05, 0) is 25.2 Å². The Morgan fingerprint density at radius 2 is 1.79 bits per heavy atom. The van der Waals surface area contributed by atoms with E-state index in [-0.39, 0.29) is 5.91 Å². The van der Waals surface area contributed by atoms with Crippen molar-refractivity contribution >= 4 is 5.91 Å². The monoisotopic (exact) mass is 337 g/mol. The molecular weight excluding hydrogens is 302 g/mol. The molecule has 24 heavy (non-hydrogen) atoms. The van der Waals surface area contributed by atoms with Gasteiger partial charge in [0.05, 0.1) is 5.60 Å². The number of nitrogens with zero attached hydrogens (tertiary/aromatic N) is 3. The van der Waals surface area contributed by atoms with Crippen LogP contribution in [0.4, 0.5) is 0 Å². The molecule has 1 aliphatic carbocycles. The Balaban J connectivity index is 1.54. The van der Waals surface area contributed by atoms with Gasteiger partial charge in [0, 0.05) is 58.8 Å². The summed E-state index contributed by atoms with van der Waals surface area (Å²) >= 11 is 0. The van der Waals surface area contributed by atoms with Crippen LogP contribution in [0.5, 0.6) is 0 Å². The van der Waals surface area contributed by atoms with E-state index in [1.165, 1.54) is 19.3 Å². The molecule has 2 unspecified atom stereocenters. The van der Waals surface area contributed by atoms with Crippen LogP contribution in [0, 0.1) is 5.92 Å². The van der Waals surface area contributed by atoms with E-state index >= 15 is 0 Å². The molecule has 1 N–H and O–H groups in total. The van der Waals surface area contributed by atoms with Crippen molar-refractivity contribution in [1.29, 1.82) is 0 Å². The number of rotatable bonds is 3. The molecule has 5 heteroatoms. The SMILES string of the molecule is CC(=O)N1CCCN(C2CN(CC3(O)CCCCC3)CC2C)CC1. The molecule has 1 amide bonds. The summed E-state index contributed by atoms with van der Waals surface area (Å²) in [5.74, 6) is 0.846. The van der Waals surface area contributed by atoms with Crippen LogP contribution in [-0.4, -0.2) is 83.2 Å². The third-order valence-corrected chi connectivity index (χ3v) is 6.40. The summed E-state index contributed by atoms with van der Waals surface area (Å²) in [4.78, 5) is 18.7. The van der Waals surface area contributed by atoms with Gasteiger partial charge in [0.2, 0.25) is 5.91 Å². The summed E-state index contributed by atoms with van der Waals surface area (Å²) in [5.41, 5.74) is -0.447. The lowest BCUT2D eigenvalue weighted by Gasteiger charge is -2.36. The highest BCUT2D eigenvalue weighted by molar-refractivity contribution is 5.73. The molecule has 0 radical (unpaired) electrons. The zero-order chi connectivity index (χ0) is 17.2. The molecule has 3 fully saturated rings. The highest BCUT2D eigenvalue weighted by atomic mass is 16.3. The third kappa shape index (κ3) is 4.30. The Labute approximate surface area is 147 Å². The summed E-state index contributed by atoms with van der Waals surface area (Å²) in [6, 6.07) is 0.573. The van der Waals surface area contributed by atoms with Gasteiger partial charge in [0.15, 0.2) is 0 Å². The molecule has 3 rings (SSSR count). The fraction of sp³-hybridized carbons (Fsp3) is 0.947. The van der Waals surface area contributed by atoms with Gasteiger partial charge in [0.25, 0.3) is 0 Å². The van der Waals surface area contributed by atoms with Crippen LogP contribution in [-0.2, 0) is 4.79 Å². The van der Waals surface area contributed by atoms with Gasteiger partial charge in [-0.3, -0.25) is 14.6 Å². The maximum atomic E-state index is 11.6. The fourth-order valence-corrected chi connectivity index (χ4v) is 5.02. The number of hydrogen-bond donors (Lipinski definition) is 1. The van der Waals surface area contributed by atoms with Crippen molar-refractivity contribution < 1.29 is 9.90 Å². The molecule has 0 aromatic carbocycles. The maximum Gasteiger partial charge on any atom is 0.219 e. The molecule has 2 atom stereocenters. The molecule has 2 aliphatic heterocycles. The Morgan fingerprint density at radius 1 is 1.04 bits per heavy atom. The lowest BCUT2D eigenvalue weighted by molar-refractivity contribution is -0.128. The summed E-state index contributed by atoms with van der Waals surface area (Å²) in [7, 11) is 0. The van der Waals surface area contributed by atoms with Crippen LogP contribution in [0.2, 0.25) is 0 Å². The topological polar surface area (TPSA) is 47.0 Å². The van der Waals surface area contributed by atoms with Crippen molar-refractivity contribution in [2.75, 3.05) is 45.8 Å². The van der Waals surface area contributed by atoms with Crippen LogP contribution in [0.1, 0.15) is 52.4 Å². The lowest BCUT2D eigenvalue weighted by atomic mass is 9.84. The molecule has 2 saturated heterocycles. The van der Waals surface area contributed by atoms with E-state index in [1.807, 2.05) is 4.90 Å². The smallest absolute Gasteiger partial charge is 0.219 e. The van der Waals surface area contributed by atoms with E-state index < -0.39 is 5.60 Å². The van der Waals surface area contributed by atoms with Crippen LogP contribution in [0.15, 0.2) is 0 Å². The predicted molar refractivity (Wildman–Crippen MR) is 95.9 cm³/mol. The quantitative estimate of drug-likeness (QED) is 0.849. The van der Waals surface area contributed by atoms with Crippen molar-refractivity contribution in [3.8, 4) is 0 Å². The number of carbonyl (C=O) groups is 1. The average Bonchev–Trinajstić information content (AvgIpc) is 2.74. The van der Waals surface area contributed by atoms with Crippen molar-refractivity contribution in [3.63, 3.8) is 0 Å². The van der Waals surface area contributed by atoms with E-state index in [2.05, 4.69) is 16.7 Å². The highest BCUT2D eigenvalue weighted by Crippen LogP contribution is 2.31. The molecule has 2 heterocycles. The van der Waals surface area contributed by atoms with E-state index in [9.17, 15) is 9.90 Å². The van der Waals surface area contributed by atoms with Crippen molar-refractivity contribution in [3.05, 3.63) is 0 Å². The lowest BCUT2D eigenvalue weighted by Crippen LogP contribution is -2.46. The highest BCUT2D eigenvalue weighted by Gasteiger charge is 2.39. The largest absolute Gasteiger partial charge is 0.389 e. The summed E-state index contributed by atoms with van der Waals surface area (Å²) in [5, 5.41) is 10.9. The molecule has 0 aromatic heterocycles. The van der Waals surface area contributed by atoms with Gasteiger partial charge in [-0.25, -0.2) is 0 Å². The van der Waals surface area contributed by atoms with Gasteiger partial charge in [-0.15, -0.1) is 0 Å². The number of carbonyl (C=O) groups excluding carboxylic acids is 1. The molecule has 1 saturated carbocycles. The minimum Gasteiger partial charge on any atom is -0.389 e. The molecule has 0 aromatic rings. The normalized spacial score (nSPS) is 32.7. The average molecular weight is 338 g/mol. The number of aliphatic hydroxyl groups is 1. The zero-order valence-corrected chi connectivity index (χ0v) is 15.5. The first-order valence-electron chi connectivity index (χ1n) is 9.91. The Kier molecular flexibility index (Phi) is 5.83. The summed E-state index contributed by atoms with van der Waals surface area (Å²) < 4.78 is 0. The van der Waals surface area contributed by atoms with Crippen LogP contribution in [0.25, 0.3) is 0 Å². The van der Waals surface area contributed by atoms with Gasteiger partial charge < -0.3 is 10.0 Å². The Bertz CT molecular complexity index is 436.